The molecule has 3 heteroatoms. The molecule has 20 heavy (non-hydrogen) atoms. The average Bonchev–Trinajstić information content (AvgIpc) is 2.42. The normalized spacial score (nSPS) is 13.3. The summed E-state index contributed by atoms with van der Waals surface area (Å²) in [4.78, 5) is 0. The van der Waals surface area contributed by atoms with Crippen molar-refractivity contribution in [3.63, 3.8) is 0 Å². The smallest absolute Gasteiger partial charge is 0.123 e. The number of hydrogen-bond acceptors (Lipinski definition) is 3. The molecule has 1 unspecified atom stereocenters. The van der Waals surface area contributed by atoms with Crippen LogP contribution in [0.15, 0.2) is 18.2 Å². The first-order valence-corrected chi connectivity index (χ1v) is 7.34. The quantitative estimate of drug-likeness (QED) is 0.831. The van der Waals surface area contributed by atoms with Gasteiger partial charge in [-0.15, -0.1) is 0 Å². The Hall–Kier alpha value is -1.06. The van der Waals surface area contributed by atoms with E-state index in [0.717, 1.165) is 12.2 Å². The molecule has 1 rings (SSSR count). The van der Waals surface area contributed by atoms with Crippen molar-refractivity contribution in [3.05, 3.63) is 29.3 Å². The topological polar surface area (TPSA) is 30.5 Å². The van der Waals surface area contributed by atoms with E-state index < -0.39 is 0 Å². The second kappa shape index (κ2) is 7.65. The van der Waals surface area contributed by atoms with Gasteiger partial charge >= 0.3 is 0 Å². The zero-order valence-corrected chi connectivity index (χ0v) is 13.7. The zero-order valence-electron chi connectivity index (χ0n) is 13.7. The molecule has 0 aliphatic rings. The summed E-state index contributed by atoms with van der Waals surface area (Å²) in [5.74, 6) is 0.978. The number of rotatable bonds is 7. The molecule has 0 amide bonds. The van der Waals surface area contributed by atoms with E-state index in [1.807, 2.05) is 7.05 Å². The van der Waals surface area contributed by atoms with Crippen LogP contribution in [0.1, 0.15) is 38.8 Å². The van der Waals surface area contributed by atoms with Crippen molar-refractivity contribution >= 4 is 0 Å². The number of aryl methyl sites for hydroxylation is 1. The van der Waals surface area contributed by atoms with Crippen molar-refractivity contribution in [1.82, 2.24) is 5.32 Å². The van der Waals surface area contributed by atoms with Crippen molar-refractivity contribution in [2.24, 2.45) is 0 Å². The highest BCUT2D eigenvalue weighted by Crippen LogP contribution is 2.32. The average molecular weight is 279 g/mol. The lowest BCUT2D eigenvalue weighted by atomic mass is 9.85. The van der Waals surface area contributed by atoms with Gasteiger partial charge in [-0.3, -0.25) is 0 Å². The van der Waals surface area contributed by atoms with Gasteiger partial charge in [0.1, 0.15) is 12.4 Å². The van der Waals surface area contributed by atoms with Crippen LogP contribution in [0, 0.1) is 0 Å². The van der Waals surface area contributed by atoms with E-state index in [9.17, 15) is 0 Å². The van der Waals surface area contributed by atoms with Gasteiger partial charge in [0, 0.05) is 7.11 Å². The van der Waals surface area contributed by atoms with Crippen LogP contribution in [-0.4, -0.2) is 33.4 Å². The highest BCUT2D eigenvalue weighted by atomic mass is 16.5. The summed E-state index contributed by atoms with van der Waals surface area (Å²) in [6.45, 7) is 10.1. The third-order valence-corrected chi connectivity index (χ3v) is 3.48. The molecule has 0 saturated heterocycles. The lowest BCUT2D eigenvalue weighted by molar-refractivity contribution is 0.139. The van der Waals surface area contributed by atoms with Gasteiger partial charge in [0.2, 0.25) is 0 Å². The Kier molecular flexibility index (Phi) is 6.50. The molecular weight excluding hydrogens is 250 g/mol. The van der Waals surface area contributed by atoms with Crippen molar-refractivity contribution in [2.75, 3.05) is 27.4 Å². The van der Waals surface area contributed by atoms with Gasteiger partial charge in [-0.25, -0.2) is 0 Å². The number of hydrogen-bond donors (Lipinski definition) is 1. The van der Waals surface area contributed by atoms with Gasteiger partial charge < -0.3 is 14.8 Å². The first-order valence-electron chi connectivity index (χ1n) is 7.34. The summed E-state index contributed by atoms with van der Waals surface area (Å²) in [7, 11) is 3.64. The molecule has 114 valence electrons. The summed E-state index contributed by atoms with van der Waals surface area (Å²) in [5, 5.41) is 3.20. The first kappa shape index (κ1) is 17.0. The fourth-order valence-corrected chi connectivity index (χ4v) is 2.12. The van der Waals surface area contributed by atoms with Gasteiger partial charge in [-0.05, 0) is 36.1 Å². The number of likely N-dealkylation sites (N-methyl/N-ethyl adjacent to an activating group) is 1. The molecule has 0 heterocycles. The molecule has 0 aliphatic heterocycles. The fraction of sp³-hybridized carbons (Fsp3) is 0.647. The highest BCUT2D eigenvalue weighted by Gasteiger charge is 2.20. The summed E-state index contributed by atoms with van der Waals surface area (Å²) < 4.78 is 11.2. The SMILES string of the molecule is CCc1ccc(OCC(COC)NC)c(C(C)(C)C)c1. The molecule has 1 N–H and O–H groups in total. The van der Waals surface area contributed by atoms with E-state index in [-0.39, 0.29) is 11.5 Å². The van der Waals surface area contributed by atoms with Crippen molar-refractivity contribution in [2.45, 2.75) is 45.6 Å². The van der Waals surface area contributed by atoms with Crippen LogP contribution >= 0.6 is 0 Å². The Labute approximate surface area is 123 Å². The Balaban J connectivity index is 2.88. The van der Waals surface area contributed by atoms with Crippen molar-refractivity contribution < 1.29 is 9.47 Å². The molecular formula is C17H29NO2. The minimum absolute atomic E-state index is 0.0803. The lowest BCUT2D eigenvalue weighted by Gasteiger charge is -2.25. The van der Waals surface area contributed by atoms with Crippen LogP contribution in [0.4, 0.5) is 0 Å². The van der Waals surface area contributed by atoms with Gasteiger partial charge in [-0.2, -0.15) is 0 Å². The second-order valence-electron chi connectivity index (χ2n) is 6.19. The Morgan fingerprint density at radius 3 is 2.40 bits per heavy atom. The molecule has 0 spiro atoms. The van der Waals surface area contributed by atoms with E-state index in [0.29, 0.717) is 13.2 Å². The third-order valence-electron chi connectivity index (χ3n) is 3.48. The predicted octanol–water partition coefficient (Wildman–Crippen LogP) is 3.16. The van der Waals surface area contributed by atoms with E-state index in [2.05, 4.69) is 51.2 Å². The summed E-state index contributed by atoms with van der Waals surface area (Å²) in [5.41, 5.74) is 2.70. The zero-order chi connectivity index (χ0) is 15.2. The van der Waals surface area contributed by atoms with Crippen LogP contribution < -0.4 is 10.1 Å². The predicted molar refractivity (Wildman–Crippen MR) is 84.7 cm³/mol. The Morgan fingerprint density at radius 1 is 1.20 bits per heavy atom. The second-order valence-corrected chi connectivity index (χ2v) is 6.19. The minimum atomic E-state index is 0.0803. The number of ether oxygens (including phenoxy) is 2. The van der Waals surface area contributed by atoms with Crippen LogP contribution in [0.3, 0.4) is 0 Å². The number of methoxy groups -OCH3 is 1. The maximum absolute atomic E-state index is 6.03. The largest absolute Gasteiger partial charge is 0.492 e. The van der Waals surface area contributed by atoms with E-state index in [1.165, 1.54) is 11.1 Å². The summed E-state index contributed by atoms with van der Waals surface area (Å²) >= 11 is 0. The van der Waals surface area contributed by atoms with Gasteiger partial charge in [-0.1, -0.05) is 39.8 Å². The maximum atomic E-state index is 6.03. The third kappa shape index (κ3) is 4.80. The van der Waals surface area contributed by atoms with Crippen LogP contribution in [0.5, 0.6) is 5.75 Å². The standard InChI is InChI=1S/C17H29NO2/c1-7-13-8-9-16(15(10-13)17(2,3)4)20-12-14(18-5)11-19-6/h8-10,14,18H,7,11-12H2,1-6H3. The van der Waals surface area contributed by atoms with Gasteiger partial charge in [0.15, 0.2) is 0 Å². The summed E-state index contributed by atoms with van der Waals surface area (Å²) in [6, 6.07) is 6.72. The molecule has 0 aliphatic carbocycles. The first-order chi connectivity index (χ1) is 9.42. The van der Waals surface area contributed by atoms with E-state index in [4.69, 9.17) is 9.47 Å². The molecule has 0 saturated carbocycles. The van der Waals surface area contributed by atoms with Crippen LogP contribution in [-0.2, 0) is 16.6 Å². The lowest BCUT2D eigenvalue weighted by Crippen LogP contribution is -2.36. The van der Waals surface area contributed by atoms with Crippen LogP contribution in [0.25, 0.3) is 0 Å². The maximum Gasteiger partial charge on any atom is 0.123 e. The van der Waals surface area contributed by atoms with E-state index in [1.54, 1.807) is 7.11 Å². The molecule has 1 aromatic carbocycles. The van der Waals surface area contributed by atoms with Crippen molar-refractivity contribution in [3.8, 4) is 5.75 Å². The Morgan fingerprint density at radius 2 is 1.90 bits per heavy atom. The molecule has 1 aromatic rings. The molecule has 0 aromatic heterocycles. The van der Waals surface area contributed by atoms with Crippen molar-refractivity contribution in [1.29, 1.82) is 0 Å². The molecule has 1 atom stereocenters. The molecule has 0 fully saturated rings. The molecule has 0 radical (unpaired) electrons. The van der Waals surface area contributed by atoms with E-state index >= 15 is 0 Å². The highest BCUT2D eigenvalue weighted by molar-refractivity contribution is 5.41. The summed E-state index contributed by atoms with van der Waals surface area (Å²) in [6.07, 6.45) is 1.05. The van der Waals surface area contributed by atoms with Crippen LogP contribution in [0.2, 0.25) is 0 Å². The minimum Gasteiger partial charge on any atom is -0.492 e. The molecule has 0 bridgehead atoms. The monoisotopic (exact) mass is 279 g/mol. The fourth-order valence-electron chi connectivity index (χ4n) is 2.12. The number of benzene rings is 1. The molecule has 3 nitrogen and oxygen atoms in total. The Bertz CT molecular complexity index is 410. The van der Waals surface area contributed by atoms with Gasteiger partial charge in [0.05, 0.1) is 12.6 Å². The number of nitrogens with one attached hydrogen (secondary N) is 1. The van der Waals surface area contributed by atoms with Gasteiger partial charge in [0.25, 0.3) is 0 Å².